The molecule has 4 aromatic rings. The van der Waals surface area contributed by atoms with Gasteiger partial charge in [-0.1, -0.05) is 39.0 Å². The summed E-state index contributed by atoms with van der Waals surface area (Å²) < 4.78 is 20.9. The third-order valence-electron chi connectivity index (χ3n) is 5.28. The Hall–Kier alpha value is -3.52. The number of carboxylic acid groups (broad SMARTS) is 1. The molecule has 8 heteroatoms. The Morgan fingerprint density at radius 3 is 2.62 bits per heavy atom. The number of aromatic nitrogens is 1. The SMILES string of the molecule is CC(C)(C)CC(NC(=O)c1ccc2cc(F)ccc2c1OCc1nc2ccccc2s1)C(=O)O. The van der Waals surface area contributed by atoms with E-state index < -0.39 is 23.7 Å². The molecule has 1 amide bonds. The molecular formula is C26H25FN2O4S. The quantitative estimate of drug-likeness (QED) is 0.350. The van der Waals surface area contributed by atoms with Crippen LogP contribution in [-0.2, 0) is 11.4 Å². The van der Waals surface area contributed by atoms with Gasteiger partial charge in [0, 0.05) is 5.39 Å². The summed E-state index contributed by atoms with van der Waals surface area (Å²) in [5.74, 6) is -1.82. The molecule has 0 spiro atoms. The highest BCUT2D eigenvalue weighted by atomic mass is 32.1. The van der Waals surface area contributed by atoms with Crippen LogP contribution in [0.25, 0.3) is 21.0 Å². The van der Waals surface area contributed by atoms with Gasteiger partial charge in [-0.25, -0.2) is 14.2 Å². The van der Waals surface area contributed by atoms with Crippen LogP contribution < -0.4 is 10.1 Å². The molecule has 6 nitrogen and oxygen atoms in total. The van der Waals surface area contributed by atoms with Gasteiger partial charge in [0.05, 0.1) is 15.8 Å². The summed E-state index contributed by atoms with van der Waals surface area (Å²) in [6.45, 7) is 5.84. The number of ether oxygens (including phenoxy) is 1. The molecule has 2 N–H and O–H groups in total. The van der Waals surface area contributed by atoms with Crippen LogP contribution in [0, 0.1) is 11.2 Å². The molecular weight excluding hydrogens is 455 g/mol. The molecule has 3 aromatic carbocycles. The average Bonchev–Trinajstić information content (AvgIpc) is 3.18. The lowest BCUT2D eigenvalue weighted by atomic mass is 9.88. The monoisotopic (exact) mass is 480 g/mol. The number of carbonyl (C=O) groups excluding carboxylic acids is 1. The second kappa shape index (κ2) is 9.38. The van der Waals surface area contributed by atoms with Crippen molar-refractivity contribution in [3.8, 4) is 5.75 Å². The van der Waals surface area contributed by atoms with Gasteiger partial charge in [0.25, 0.3) is 5.91 Å². The Labute approximate surface area is 200 Å². The van der Waals surface area contributed by atoms with E-state index in [0.29, 0.717) is 10.8 Å². The zero-order valence-corrected chi connectivity index (χ0v) is 19.9. The number of hydrogen-bond donors (Lipinski definition) is 2. The van der Waals surface area contributed by atoms with Crippen LogP contribution >= 0.6 is 11.3 Å². The molecule has 0 fully saturated rings. The van der Waals surface area contributed by atoms with Crippen LogP contribution in [0.2, 0.25) is 0 Å². The molecule has 1 heterocycles. The summed E-state index contributed by atoms with van der Waals surface area (Å²) in [5, 5.41) is 14.1. The minimum absolute atomic E-state index is 0.112. The van der Waals surface area contributed by atoms with Gasteiger partial charge in [-0.05, 0) is 53.6 Å². The molecule has 0 saturated carbocycles. The van der Waals surface area contributed by atoms with Gasteiger partial charge in [0.1, 0.15) is 29.2 Å². The second-order valence-corrected chi connectivity index (χ2v) is 10.4. The van der Waals surface area contributed by atoms with Crippen molar-refractivity contribution >= 4 is 44.2 Å². The average molecular weight is 481 g/mol. The molecule has 176 valence electrons. The maximum absolute atomic E-state index is 13.8. The van der Waals surface area contributed by atoms with Crippen molar-refractivity contribution in [1.82, 2.24) is 10.3 Å². The van der Waals surface area contributed by atoms with Crippen molar-refractivity contribution in [3.05, 3.63) is 71.0 Å². The molecule has 0 radical (unpaired) electrons. The smallest absolute Gasteiger partial charge is 0.326 e. The maximum Gasteiger partial charge on any atom is 0.326 e. The molecule has 0 bridgehead atoms. The Morgan fingerprint density at radius 2 is 1.91 bits per heavy atom. The summed E-state index contributed by atoms with van der Waals surface area (Å²) >= 11 is 1.49. The lowest BCUT2D eigenvalue weighted by molar-refractivity contribution is -0.140. The van der Waals surface area contributed by atoms with E-state index in [4.69, 9.17) is 4.74 Å². The summed E-state index contributed by atoms with van der Waals surface area (Å²) in [6, 6.07) is 14.0. The number of nitrogens with one attached hydrogen (secondary N) is 1. The van der Waals surface area contributed by atoms with Crippen molar-refractivity contribution < 1.29 is 23.8 Å². The van der Waals surface area contributed by atoms with Gasteiger partial charge in [-0.2, -0.15) is 0 Å². The van der Waals surface area contributed by atoms with E-state index in [1.165, 1.54) is 29.5 Å². The zero-order valence-electron chi connectivity index (χ0n) is 19.1. The number of nitrogens with zero attached hydrogens (tertiary/aromatic N) is 1. The van der Waals surface area contributed by atoms with Gasteiger partial charge in [0.15, 0.2) is 0 Å². The number of carboxylic acids is 1. The van der Waals surface area contributed by atoms with Gasteiger partial charge in [-0.15, -0.1) is 11.3 Å². The van der Waals surface area contributed by atoms with Crippen LogP contribution in [0.15, 0.2) is 54.6 Å². The summed E-state index contributed by atoms with van der Waals surface area (Å²) in [7, 11) is 0. The minimum atomic E-state index is -1.11. The topological polar surface area (TPSA) is 88.5 Å². The number of rotatable bonds is 7. The number of para-hydroxylation sites is 1. The largest absolute Gasteiger partial charge is 0.485 e. The van der Waals surface area contributed by atoms with E-state index in [-0.39, 0.29) is 29.8 Å². The number of fused-ring (bicyclic) bond motifs is 2. The highest BCUT2D eigenvalue weighted by molar-refractivity contribution is 7.18. The third kappa shape index (κ3) is 5.34. The molecule has 0 aliphatic heterocycles. The predicted molar refractivity (Wildman–Crippen MR) is 131 cm³/mol. The fourth-order valence-electron chi connectivity index (χ4n) is 3.77. The zero-order chi connectivity index (χ0) is 24.5. The van der Waals surface area contributed by atoms with E-state index in [9.17, 15) is 19.1 Å². The first-order valence-electron chi connectivity index (χ1n) is 10.8. The Kier molecular flexibility index (Phi) is 6.52. The molecule has 0 aliphatic carbocycles. The van der Waals surface area contributed by atoms with Gasteiger partial charge in [0.2, 0.25) is 0 Å². The van der Waals surface area contributed by atoms with Crippen molar-refractivity contribution in [3.63, 3.8) is 0 Å². The first-order chi connectivity index (χ1) is 16.1. The van der Waals surface area contributed by atoms with Crippen molar-refractivity contribution in [2.24, 2.45) is 5.41 Å². The van der Waals surface area contributed by atoms with E-state index in [1.807, 2.05) is 45.0 Å². The van der Waals surface area contributed by atoms with Crippen molar-refractivity contribution in [1.29, 1.82) is 0 Å². The van der Waals surface area contributed by atoms with Gasteiger partial charge >= 0.3 is 5.97 Å². The lowest BCUT2D eigenvalue weighted by Gasteiger charge is -2.24. The predicted octanol–water partition coefficient (Wildman–Crippen LogP) is 5.79. The number of carbonyl (C=O) groups is 2. The Balaban J connectivity index is 1.68. The molecule has 34 heavy (non-hydrogen) atoms. The molecule has 1 aromatic heterocycles. The number of hydrogen-bond acceptors (Lipinski definition) is 5. The number of thiazole rings is 1. The lowest BCUT2D eigenvalue weighted by Crippen LogP contribution is -2.43. The third-order valence-corrected chi connectivity index (χ3v) is 6.29. The van der Waals surface area contributed by atoms with Gasteiger partial charge < -0.3 is 15.2 Å². The Bertz CT molecular complexity index is 1340. The second-order valence-electron chi connectivity index (χ2n) is 9.30. The normalized spacial score (nSPS) is 12.6. The number of amides is 1. The molecule has 1 atom stereocenters. The summed E-state index contributed by atoms with van der Waals surface area (Å²) in [6.07, 6.45) is 0.259. The van der Waals surface area contributed by atoms with E-state index in [1.54, 1.807) is 12.1 Å². The van der Waals surface area contributed by atoms with E-state index >= 15 is 0 Å². The number of halogens is 1. The molecule has 0 aliphatic rings. The van der Waals surface area contributed by atoms with Crippen molar-refractivity contribution in [2.75, 3.05) is 0 Å². The van der Waals surface area contributed by atoms with Crippen LogP contribution in [0.1, 0.15) is 42.6 Å². The fourth-order valence-corrected chi connectivity index (χ4v) is 4.65. The highest BCUT2D eigenvalue weighted by Crippen LogP contribution is 2.33. The van der Waals surface area contributed by atoms with Crippen molar-refractivity contribution in [2.45, 2.75) is 39.8 Å². The molecule has 1 unspecified atom stereocenters. The molecule has 4 rings (SSSR count). The van der Waals surface area contributed by atoms with E-state index in [2.05, 4.69) is 10.3 Å². The standard InChI is InChI=1S/C26H25FN2O4S/c1-26(2,3)13-20(25(31)32)29-24(30)18-10-8-15-12-16(27)9-11-17(15)23(18)33-14-22-28-19-6-4-5-7-21(19)34-22/h4-12,20H,13-14H2,1-3H3,(H,29,30)(H,31,32). The number of benzene rings is 3. The van der Waals surface area contributed by atoms with E-state index in [0.717, 1.165) is 15.2 Å². The summed E-state index contributed by atoms with van der Waals surface area (Å²) in [5.41, 5.74) is 0.736. The van der Waals surface area contributed by atoms with Crippen LogP contribution in [0.3, 0.4) is 0 Å². The Morgan fingerprint density at radius 1 is 1.15 bits per heavy atom. The van der Waals surface area contributed by atoms with Crippen LogP contribution in [0.4, 0.5) is 4.39 Å². The first kappa shape index (κ1) is 23.6. The van der Waals surface area contributed by atoms with Crippen LogP contribution in [-0.4, -0.2) is 28.0 Å². The number of aliphatic carboxylic acids is 1. The minimum Gasteiger partial charge on any atom is -0.485 e. The first-order valence-corrected chi connectivity index (χ1v) is 11.7. The van der Waals surface area contributed by atoms with Gasteiger partial charge in [-0.3, -0.25) is 4.79 Å². The maximum atomic E-state index is 13.8. The summed E-state index contributed by atoms with van der Waals surface area (Å²) in [4.78, 5) is 29.5. The van der Waals surface area contributed by atoms with Crippen LogP contribution in [0.5, 0.6) is 5.75 Å². The fraction of sp³-hybridized carbons (Fsp3) is 0.269. The molecule has 0 saturated heterocycles. The highest BCUT2D eigenvalue weighted by Gasteiger charge is 2.28.